The summed E-state index contributed by atoms with van der Waals surface area (Å²) in [7, 11) is 1.33. The van der Waals surface area contributed by atoms with Crippen LogP contribution in [0.4, 0.5) is 5.82 Å². The van der Waals surface area contributed by atoms with E-state index in [-0.39, 0.29) is 18.3 Å². The maximum atomic E-state index is 11.9. The largest absolute Gasteiger partial charge is 0.469 e. The van der Waals surface area contributed by atoms with E-state index in [9.17, 15) is 9.59 Å². The Balaban J connectivity index is 2.89. The average molecular weight is 250 g/mol. The number of ether oxygens (including phenoxy) is 1. The molecule has 1 heterocycles. The van der Waals surface area contributed by atoms with E-state index in [4.69, 9.17) is 0 Å². The summed E-state index contributed by atoms with van der Waals surface area (Å²) in [6, 6.07) is 3.45. The topological polar surface area (TPSA) is 68.3 Å². The zero-order valence-corrected chi connectivity index (χ0v) is 11.1. The first-order chi connectivity index (χ1) is 8.34. The Morgan fingerprint density at radius 1 is 1.39 bits per heavy atom. The number of carbonyl (C=O) groups excluding carboxylic acids is 2. The normalized spacial score (nSPS) is 10.9. The highest BCUT2D eigenvalue weighted by Crippen LogP contribution is 2.19. The molecule has 5 nitrogen and oxygen atoms in total. The molecule has 1 rings (SSSR count). The van der Waals surface area contributed by atoms with E-state index in [2.05, 4.69) is 15.0 Å². The summed E-state index contributed by atoms with van der Waals surface area (Å²) in [6.07, 6.45) is 1.66. The molecule has 0 aliphatic heterocycles. The molecule has 0 unspecified atom stereocenters. The summed E-state index contributed by atoms with van der Waals surface area (Å²) in [5, 5.41) is 2.72. The molecule has 1 amide bonds. The van der Waals surface area contributed by atoms with Crippen molar-refractivity contribution in [1.29, 1.82) is 0 Å². The third-order valence-corrected chi connectivity index (χ3v) is 2.37. The van der Waals surface area contributed by atoms with Gasteiger partial charge in [0.25, 0.3) is 0 Å². The van der Waals surface area contributed by atoms with Crippen molar-refractivity contribution in [3.8, 4) is 0 Å². The van der Waals surface area contributed by atoms with Crippen molar-refractivity contribution >= 4 is 17.7 Å². The van der Waals surface area contributed by atoms with Crippen molar-refractivity contribution in [2.45, 2.75) is 27.2 Å². The van der Waals surface area contributed by atoms with Crippen LogP contribution in [0.15, 0.2) is 18.3 Å². The van der Waals surface area contributed by atoms with Gasteiger partial charge in [-0.15, -0.1) is 0 Å². The molecule has 0 aromatic carbocycles. The molecule has 0 aliphatic carbocycles. The third-order valence-electron chi connectivity index (χ3n) is 2.37. The highest BCUT2D eigenvalue weighted by Gasteiger charge is 2.22. The Kier molecular flexibility index (Phi) is 4.42. The first kappa shape index (κ1) is 14.2. The van der Waals surface area contributed by atoms with Crippen molar-refractivity contribution in [1.82, 2.24) is 4.98 Å². The second-order valence-electron chi connectivity index (χ2n) is 4.97. The standard InChI is InChI=1S/C13H18N2O3/c1-13(2,3)12(17)15-11-9(6-5-7-14-11)8-10(16)18-4/h5-7H,8H2,1-4H3,(H,14,15,17). The first-order valence-electron chi connectivity index (χ1n) is 5.66. The van der Waals surface area contributed by atoms with Gasteiger partial charge in [-0.2, -0.15) is 0 Å². The summed E-state index contributed by atoms with van der Waals surface area (Å²) in [5.74, 6) is -0.107. The van der Waals surface area contributed by atoms with Crippen LogP contribution in [-0.2, 0) is 20.7 Å². The number of anilines is 1. The Morgan fingerprint density at radius 2 is 2.06 bits per heavy atom. The number of pyridine rings is 1. The van der Waals surface area contributed by atoms with Gasteiger partial charge in [-0.05, 0) is 6.07 Å². The Labute approximate surface area is 107 Å². The van der Waals surface area contributed by atoms with E-state index >= 15 is 0 Å². The molecular weight excluding hydrogens is 232 g/mol. The van der Waals surface area contributed by atoms with Gasteiger partial charge in [0.05, 0.1) is 13.5 Å². The number of esters is 1. The van der Waals surface area contributed by atoms with Gasteiger partial charge in [-0.25, -0.2) is 4.98 Å². The highest BCUT2D eigenvalue weighted by atomic mass is 16.5. The molecule has 98 valence electrons. The lowest BCUT2D eigenvalue weighted by Gasteiger charge is -2.18. The quantitative estimate of drug-likeness (QED) is 0.830. The molecule has 0 spiro atoms. The smallest absolute Gasteiger partial charge is 0.310 e. The maximum absolute atomic E-state index is 11.9. The lowest BCUT2D eigenvalue weighted by molar-refractivity contribution is -0.139. The fourth-order valence-corrected chi connectivity index (χ4v) is 1.22. The third kappa shape index (κ3) is 3.84. The minimum absolute atomic E-state index is 0.0874. The van der Waals surface area contributed by atoms with Crippen LogP contribution in [0.25, 0.3) is 0 Å². The molecule has 0 saturated carbocycles. The van der Waals surface area contributed by atoms with Crippen molar-refractivity contribution in [3.05, 3.63) is 23.9 Å². The van der Waals surface area contributed by atoms with Gasteiger partial charge >= 0.3 is 5.97 Å². The molecule has 0 saturated heterocycles. The molecular formula is C13H18N2O3. The van der Waals surface area contributed by atoms with Gasteiger partial charge in [0, 0.05) is 17.2 Å². The summed E-state index contributed by atoms with van der Waals surface area (Å²) in [4.78, 5) is 27.2. The molecule has 0 radical (unpaired) electrons. The van der Waals surface area contributed by atoms with Gasteiger partial charge in [-0.1, -0.05) is 26.8 Å². The van der Waals surface area contributed by atoms with Crippen LogP contribution in [0.2, 0.25) is 0 Å². The molecule has 1 aromatic heterocycles. The Morgan fingerprint density at radius 3 is 2.61 bits per heavy atom. The number of rotatable bonds is 3. The number of hydrogen-bond donors (Lipinski definition) is 1. The van der Waals surface area contributed by atoms with Crippen LogP contribution >= 0.6 is 0 Å². The highest BCUT2D eigenvalue weighted by molar-refractivity contribution is 5.94. The summed E-state index contributed by atoms with van der Waals surface area (Å²) in [6.45, 7) is 5.43. The second-order valence-corrected chi connectivity index (χ2v) is 4.97. The van der Waals surface area contributed by atoms with Gasteiger partial charge in [-0.3, -0.25) is 9.59 Å². The number of amides is 1. The molecule has 1 aromatic rings. The molecule has 18 heavy (non-hydrogen) atoms. The van der Waals surface area contributed by atoms with Crippen LogP contribution in [0.3, 0.4) is 0 Å². The molecule has 5 heteroatoms. The predicted molar refractivity (Wildman–Crippen MR) is 68.0 cm³/mol. The number of hydrogen-bond acceptors (Lipinski definition) is 4. The molecule has 0 fully saturated rings. The molecule has 0 atom stereocenters. The van der Waals surface area contributed by atoms with Gasteiger partial charge < -0.3 is 10.1 Å². The van der Waals surface area contributed by atoms with Gasteiger partial charge in [0.15, 0.2) is 0 Å². The maximum Gasteiger partial charge on any atom is 0.310 e. The van der Waals surface area contributed by atoms with E-state index in [1.54, 1.807) is 18.3 Å². The van der Waals surface area contributed by atoms with Crippen LogP contribution in [-0.4, -0.2) is 24.0 Å². The average Bonchev–Trinajstić information content (AvgIpc) is 2.30. The van der Waals surface area contributed by atoms with Crippen molar-refractivity contribution in [3.63, 3.8) is 0 Å². The number of aromatic nitrogens is 1. The van der Waals surface area contributed by atoms with Gasteiger partial charge in [0.2, 0.25) is 5.91 Å². The number of nitrogens with one attached hydrogen (secondary N) is 1. The molecule has 1 N–H and O–H groups in total. The molecule has 0 bridgehead atoms. The summed E-state index contributed by atoms with van der Waals surface area (Å²) < 4.78 is 4.60. The lowest BCUT2D eigenvalue weighted by Crippen LogP contribution is -2.28. The predicted octanol–water partition coefficient (Wildman–Crippen LogP) is 1.78. The second kappa shape index (κ2) is 5.62. The zero-order valence-electron chi connectivity index (χ0n) is 11.1. The van der Waals surface area contributed by atoms with Gasteiger partial charge in [0.1, 0.15) is 5.82 Å². The summed E-state index contributed by atoms with van der Waals surface area (Å²) >= 11 is 0. The van der Waals surface area contributed by atoms with Crippen molar-refractivity contribution in [2.75, 3.05) is 12.4 Å². The van der Waals surface area contributed by atoms with Crippen molar-refractivity contribution in [2.24, 2.45) is 5.41 Å². The Bertz CT molecular complexity index is 450. The van der Waals surface area contributed by atoms with E-state index in [1.807, 2.05) is 20.8 Å². The minimum Gasteiger partial charge on any atom is -0.469 e. The van der Waals surface area contributed by atoms with E-state index in [0.29, 0.717) is 11.4 Å². The lowest BCUT2D eigenvalue weighted by atomic mass is 9.95. The van der Waals surface area contributed by atoms with Crippen LogP contribution < -0.4 is 5.32 Å². The van der Waals surface area contributed by atoms with Crippen molar-refractivity contribution < 1.29 is 14.3 Å². The molecule has 0 aliphatic rings. The SMILES string of the molecule is COC(=O)Cc1cccnc1NC(=O)C(C)(C)C. The van der Waals surface area contributed by atoms with E-state index < -0.39 is 5.41 Å². The minimum atomic E-state index is -0.514. The van der Waals surface area contributed by atoms with Crippen LogP contribution in [0.1, 0.15) is 26.3 Å². The monoisotopic (exact) mass is 250 g/mol. The van der Waals surface area contributed by atoms with E-state index in [1.165, 1.54) is 7.11 Å². The first-order valence-corrected chi connectivity index (χ1v) is 5.66. The van der Waals surface area contributed by atoms with E-state index in [0.717, 1.165) is 0 Å². The van der Waals surface area contributed by atoms with Crippen LogP contribution in [0, 0.1) is 5.41 Å². The number of methoxy groups -OCH3 is 1. The summed E-state index contributed by atoms with van der Waals surface area (Å²) in [5.41, 5.74) is 0.127. The Hall–Kier alpha value is -1.91. The number of carbonyl (C=O) groups is 2. The number of nitrogens with zero attached hydrogens (tertiary/aromatic N) is 1. The fraction of sp³-hybridized carbons (Fsp3) is 0.462. The zero-order chi connectivity index (χ0) is 13.8. The fourth-order valence-electron chi connectivity index (χ4n) is 1.22. The van der Waals surface area contributed by atoms with Crippen LogP contribution in [0.5, 0.6) is 0 Å².